The maximum absolute atomic E-state index is 12.0. The van der Waals surface area contributed by atoms with E-state index in [-0.39, 0.29) is 12.2 Å². The predicted octanol–water partition coefficient (Wildman–Crippen LogP) is 4.89. The Morgan fingerprint density at radius 3 is 2.62 bits per heavy atom. The minimum absolute atomic E-state index is 0.0177. The summed E-state index contributed by atoms with van der Waals surface area (Å²) in [6, 6.07) is 0. The zero-order valence-corrected chi connectivity index (χ0v) is 15.9. The van der Waals surface area contributed by atoms with Crippen molar-refractivity contribution in [3.8, 4) is 0 Å². The fourth-order valence-corrected chi connectivity index (χ4v) is 2.95. The second-order valence-corrected chi connectivity index (χ2v) is 6.75. The van der Waals surface area contributed by atoms with Crippen LogP contribution in [0.1, 0.15) is 77.6 Å². The van der Waals surface area contributed by atoms with E-state index in [2.05, 4.69) is 24.8 Å². The quantitative estimate of drug-likeness (QED) is 0.362. The van der Waals surface area contributed by atoms with Gasteiger partial charge < -0.3 is 10.2 Å². The monoisotopic (exact) mass is 360 g/mol. The first-order chi connectivity index (χ1) is 12.6. The maximum atomic E-state index is 12.0. The van der Waals surface area contributed by atoms with Crippen LogP contribution in [0, 0.1) is 0 Å². The summed E-state index contributed by atoms with van der Waals surface area (Å²) in [5.41, 5.74) is 4.81. The van der Waals surface area contributed by atoms with E-state index in [1.54, 1.807) is 6.08 Å². The number of carbonyl (C=O) groups is 2. The molecular weight excluding hydrogens is 328 g/mol. The van der Waals surface area contributed by atoms with E-state index in [1.165, 1.54) is 44.6 Å². The average molecular weight is 360 g/mol. The molecule has 1 atom stereocenters. The lowest BCUT2D eigenvalue weighted by atomic mass is 10.1. The first-order valence-electron chi connectivity index (χ1n) is 9.78. The van der Waals surface area contributed by atoms with Crippen molar-refractivity contribution in [2.75, 3.05) is 0 Å². The van der Waals surface area contributed by atoms with Crippen LogP contribution in [0.25, 0.3) is 0 Å². The molecule has 26 heavy (non-hydrogen) atoms. The van der Waals surface area contributed by atoms with Gasteiger partial charge in [-0.15, -0.1) is 5.73 Å². The molecule has 0 saturated carbocycles. The molecule has 0 aromatic carbocycles. The zero-order chi connectivity index (χ0) is 19.2. The van der Waals surface area contributed by atoms with Crippen LogP contribution in [0.2, 0.25) is 0 Å². The number of ketones is 1. The van der Waals surface area contributed by atoms with E-state index in [1.807, 2.05) is 0 Å². The third-order valence-corrected chi connectivity index (χ3v) is 4.56. The second kappa shape index (κ2) is 13.3. The minimum Gasteiger partial charge on any atom is -0.479 e. The molecule has 2 N–H and O–H groups in total. The molecule has 0 saturated heterocycles. The van der Waals surface area contributed by atoms with Crippen molar-refractivity contribution >= 4 is 11.8 Å². The van der Waals surface area contributed by atoms with Gasteiger partial charge in [0.05, 0.1) is 0 Å². The van der Waals surface area contributed by atoms with Gasteiger partial charge >= 0.3 is 5.97 Å². The van der Waals surface area contributed by atoms with Gasteiger partial charge in [0.1, 0.15) is 0 Å². The summed E-state index contributed by atoms with van der Waals surface area (Å²) in [6.45, 7) is 2.22. The van der Waals surface area contributed by atoms with Crippen molar-refractivity contribution in [2.24, 2.45) is 0 Å². The van der Waals surface area contributed by atoms with Crippen molar-refractivity contribution in [1.29, 1.82) is 0 Å². The van der Waals surface area contributed by atoms with Crippen LogP contribution in [0.4, 0.5) is 0 Å². The average Bonchev–Trinajstić information content (AvgIpc) is 2.96. The number of Topliss-reactive ketones (excluding diaryl/α,β-unsaturated/α-hetero) is 1. The Morgan fingerprint density at radius 1 is 1.15 bits per heavy atom. The number of carboxylic acids is 1. The van der Waals surface area contributed by atoms with Crippen LogP contribution in [0.15, 0.2) is 41.2 Å². The van der Waals surface area contributed by atoms with Crippen molar-refractivity contribution in [3.05, 3.63) is 41.2 Å². The SMILES string of the molecule is CCCCCCCCC=CC1=C(CC=C=CCC(O)C(=O)O)C(=O)CC1. The normalized spacial score (nSPS) is 15.4. The Labute approximate surface area is 157 Å². The number of hydrogen-bond acceptors (Lipinski definition) is 3. The Bertz CT molecular complexity index is 577. The van der Waals surface area contributed by atoms with Gasteiger partial charge in [0.15, 0.2) is 11.9 Å². The van der Waals surface area contributed by atoms with Crippen LogP contribution >= 0.6 is 0 Å². The number of aliphatic carboxylic acids is 1. The van der Waals surface area contributed by atoms with Crippen LogP contribution in [-0.4, -0.2) is 28.1 Å². The van der Waals surface area contributed by atoms with Crippen LogP contribution in [0.3, 0.4) is 0 Å². The molecule has 144 valence electrons. The van der Waals surface area contributed by atoms with Crippen molar-refractivity contribution < 1.29 is 19.8 Å². The van der Waals surface area contributed by atoms with Crippen molar-refractivity contribution in [3.63, 3.8) is 0 Å². The number of carbonyl (C=O) groups excluding carboxylic acids is 1. The molecule has 0 spiro atoms. The van der Waals surface area contributed by atoms with Gasteiger partial charge in [-0.1, -0.05) is 51.2 Å². The van der Waals surface area contributed by atoms with E-state index in [0.717, 1.165) is 24.0 Å². The molecule has 1 unspecified atom stereocenters. The Hall–Kier alpha value is -1.90. The van der Waals surface area contributed by atoms with Gasteiger partial charge in [-0.25, -0.2) is 4.79 Å². The van der Waals surface area contributed by atoms with E-state index in [9.17, 15) is 9.59 Å². The highest BCUT2D eigenvalue weighted by Gasteiger charge is 2.19. The summed E-state index contributed by atoms with van der Waals surface area (Å²) in [5, 5.41) is 17.8. The molecule has 0 aliphatic heterocycles. The zero-order valence-electron chi connectivity index (χ0n) is 15.9. The Balaban J connectivity index is 2.43. The molecule has 0 bridgehead atoms. The van der Waals surface area contributed by atoms with Crippen LogP contribution < -0.4 is 0 Å². The highest BCUT2D eigenvalue weighted by Crippen LogP contribution is 2.27. The van der Waals surface area contributed by atoms with E-state index < -0.39 is 12.1 Å². The van der Waals surface area contributed by atoms with Gasteiger partial charge in [0.2, 0.25) is 0 Å². The lowest BCUT2D eigenvalue weighted by Gasteiger charge is -2.00. The number of hydrogen-bond donors (Lipinski definition) is 2. The maximum Gasteiger partial charge on any atom is 0.332 e. The largest absolute Gasteiger partial charge is 0.479 e. The minimum atomic E-state index is -1.40. The summed E-state index contributed by atoms with van der Waals surface area (Å²) in [4.78, 5) is 22.5. The number of aliphatic hydroxyl groups is 1. The highest BCUT2D eigenvalue weighted by molar-refractivity contribution is 5.99. The van der Waals surface area contributed by atoms with Gasteiger partial charge in [-0.2, -0.15) is 0 Å². The summed E-state index contributed by atoms with van der Waals surface area (Å²) in [6.07, 6.45) is 16.8. The van der Waals surface area contributed by atoms with Crippen LogP contribution in [0.5, 0.6) is 0 Å². The number of rotatable bonds is 13. The van der Waals surface area contributed by atoms with Gasteiger partial charge in [-0.3, -0.25) is 4.79 Å². The number of allylic oxidation sites excluding steroid dienone is 4. The Morgan fingerprint density at radius 2 is 1.88 bits per heavy atom. The standard InChI is InChI=1S/C22H32O4/c1-2-3-4-5-6-7-8-10-13-18-16-17-20(23)19(18)14-11-9-12-15-21(24)22(25)26/h10-13,21,24H,2-8,14-17H2,1H3,(H,25,26). The molecule has 1 aliphatic rings. The van der Waals surface area contributed by atoms with Gasteiger partial charge in [0.25, 0.3) is 0 Å². The van der Waals surface area contributed by atoms with E-state index >= 15 is 0 Å². The van der Waals surface area contributed by atoms with Crippen molar-refractivity contribution in [1.82, 2.24) is 0 Å². The first-order valence-corrected chi connectivity index (χ1v) is 9.78. The highest BCUT2D eigenvalue weighted by atomic mass is 16.4. The van der Waals surface area contributed by atoms with Gasteiger partial charge in [0, 0.05) is 24.8 Å². The summed E-state index contributed by atoms with van der Waals surface area (Å²) >= 11 is 0. The van der Waals surface area contributed by atoms with Crippen LogP contribution in [-0.2, 0) is 9.59 Å². The lowest BCUT2D eigenvalue weighted by Crippen LogP contribution is -2.17. The molecule has 1 aliphatic carbocycles. The molecule has 0 radical (unpaired) electrons. The molecule has 0 heterocycles. The number of unbranched alkanes of at least 4 members (excludes halogenated alkanes) is 6. The molecule has 4 nitrogen and oxygen atoms in total. The fourth-order valence-electron chi connectivity index (χ4n) is 2.95. The molecule has 0 amide bonds. The predicted molar refractivity (Wildman–Crippen MR) is 104 cm³/mol. The molecule has 4 heteroatoms. The molecular formula is C22H32O4. The van der Waals surface area contributed by atoms with Crippen molar-refractivity contribution in [2.45, 2.75) is 83.7 Å². The second-order valence-electron chi connectivity index (χ2n) is 6.75. The number of carboxylic acid groups (broad SMARTS) is 1. The molecule has 0 aromatic heterocycles. The molecule has 0 fully saturated rings. The summed E-state index contributed by atoms with van der Waals surface area (Å²) < 4.78 is 0. The lowest BCUT2D eigenvalue weighted by molar-refractivity contribution is -0.146. The first kappa shape index (κ1) is 22.1. The fraction of sp³-hybridized carbons (Fsp3) is 0.591. The molecule has 1 rings (SSSR count). The number of aliphatic hydroxyl groups excluding tert-OH is 1. The summed E-state index contributed by atoms with van der Waals surface area (Å²) in [7, 11) is 0. The smallest absolute Gasteiger partial charge is 0.332 e. The third-order valence-electron chi connectivity index (χ3n) is 4.56. The Kier molecular flexibility index (Phi) is 11.3. The van der Waals surface area contributed by atoms with Gasteiger partial charge in [-0.05, 0) is 37.0 Å². The molecule has 0 aromatic rings. The third kappa shape index (κ3) is 8.98. The summed E-state index contributed by atoms with van der Waals surface area (Å²) in [5.74, 6) is -1.05. The topological polar surface area (TPSA) is 74.6 Å². The van der Waals surface area contributed by atoms with E-state index in [0.29, 0.717) is 12.8 Å². The van der Waals surface area contributed by atoms with E-state index in [4.69, 9.17) is 10.2 Å².